The Morgan fingerprint density at radius 3 is 2.65 bits per heavy atom. The molecule has 0 heterocycles. The molecule has 4 nitrogen and oxygen atoms in total. The van der Waals surface area contributed by atoms with Crippen LogP contribution in [0, 0.1) is 0 Å². The second-order valence-electron chi connectivity index (χ2n) is 4.05. The molecule has 0 fully saturated rings. The fourth-order valence-corrected chi connectivity index (χ4v) is 2.16. The summed E-state index contributed by atoms with van der Waals surface area (Å²) in [5, 5.41) is 0. The second-order valence-corrected chi connectivity index (χ2v) is 5.49. The average molecular weight is 255 g/mol. The molecule has 0 aliphatic heterocycles. The second kappa shape index (κ2) is 5.82. The molecular formula is C12H17NO3S. The van der Waals surface area contributed by atoms with Crippen LogP contribution in [0.3, 0.4) is 0 Å². The molecule has 0 radical (unpaired) electrons. The first-order chi connectivity index (χ1) is 7.91. The number of anilines is 1. The summed E-state index contributed by atoms with van der Waals surface area (Å²) in [4.78, 5) is 11.9. The molecule has 0 aliphatic rings. The molecule has 1 aromatic rings. The van der Waals surface area contributed by atoms with Gasteiger partial charge in [-0.3, -0.25) is 4.21 Å². The summed E-state index contributed by atoms with van der Waals surface area (Å²) in [6.07, 6.45) is 1.38. The molecule has 2 N–H and O–H groups in total. The van der Waals surface area contributed by atoms with Crippen molar-refractivity contribution in [3.8, 4) is 0 Å². The summed E-state index contributed by atoms with van der Waals surface area (Å²) in [5.74, 6) is -0.161. The van der Waals surface area contributed by atoms with Gasteiger partial charge >= 0.3 is 5.97 Å². The molecule has 1 aromatic carbocycles. The van der Waals surface area contributed by atoms with Crippen LogP contribution in [0.4, 0.5) is 5.69 Å². The lowest BCUT2D eigenvalue weighted by Gasteiger charge is -2.13. The van der Waals surface area contributed by atoms with E-state index in [9.17, 15) is 9.00 Å². The Bertz CT molecular complexity index is 443. The van der Waals surface area contributed by atoms with Gasteiger partial charge in [-0.2, -0.15) is 0 Å². The summed E-state index contributed by atoms with van der Waals surface area (Å²) in [6.45, 7) is 3.54. The van der Waals surface area contributed by atoms with E-state index in [0.717, 1.165) is 0 Å². The van der Waals surface area contributed by atoms with Crippen LogP contribution in [0.25, 0.3) is 0 Å². The average Bonchev–Trinajstić information content (AvgIpc) is 2.14. The number of esters is 1. The molecule has 1 rings (SSSR count). The van der Waals surface area contributed by atoms with Gasteiger partial charge in [-0.15, -0.1) is 0 Å². The van der Waals surface area contributed by atoms with E-state index in [1.165, 1.54) is 0 Å². The molecule has 0 spiro atoms. The van der Waals surface area contributed by atoms with Crippen molar-refractivity contribution in [2.45, 2.75) is 25.7 Å². The summed E-state index contributed by atoms with van der Waals surface area (Å²) in [5.41, 5.74) is 7.13. The maximum atomic E-state index is 11.9. The highest BCUT2D eigenvalue weighted by molar-refractivity contribution is 7.83. The molecule has 0 saturated heterocycles. The lowest BCUT2D eigenvalue weighted by molar-refractivity contribution is 0.0378. The van der Waals surface area contributed by atoms with Crippen molar-refractivity contribution < 1.29 is 13.7 Å². The number of nitrogens with two attached hydrogens (primary N) is 1. The highest BCUT2D eigenvalue weighted by atomic mass is 32.2. The van der Waals surface area contributed by atoms with Crippen molar-refractivity contribution in [1.82, 2.24) is 0 Å². The predicted octanol–water partition coefficient (Wildman–Crippen LogP) is 1.71. The lowest BCUT2D eigenvalue weighted by atomic mass is 10.1. The lowest BCUT2D eigenvalue weighted by Crippen LogP contribution is -2.16. The maximum Gasteiger partial charge on any atom is 0.340 e. The minimum absolute atomic E-state index is 0.206. The first kappa shape index (κ1) is 13.7. The standard InChI is InChI=1S/C12H17NO3S/c1-8(2)16-12(14)11-9(7-17(3)15)5-4-6-10(11)13/h4-6,8H,7,13H2,1-3H3. The zero-order chi connectivity index (χ0) is 13.0. The van der Waals surface area contributed by atoms with E-state index in [4.69, 9.17) is 10.5 Å². The minimum Gasteiger partial charge on any atom is -0.459 e. The Kier molecular flexibility index (Phi) is 4.69. The number of ether oxygens (including phenoxy) is 1. The highest BCUT2D eigenvalue weighted by Crippen LogP contribution is 2.20. The molecule has 1 unspecified atom stereocenters. The van der Waals surface area contributed by atoms with Crippen molar-refractivity contribution in [2.75, 3.05) is 12.0 Å². The van der Waals surface area contributed by atoms with Crippen molar-refractivity contribution in [2.24, 2.45) is 0 Å². The van der Waals surface area contributed by atoms with E-state index in [2.05, 4.69) is 0 Å². The van der Waals surface area contributed by atoms with Crippen LogP contribution in [-0.4, -0.2) is 22.5 Å². The first-order valence-corrected chi connectivity index (χ1v) is 7.03. The number of hydrogen-bond acceptors (Lipinski definition) is 4. The minimum atomic E-state index is -1.03. The van der Waals surface area contributed by atoms with E-state index < -0.39 is 16.8 Å². The molecule has 0 amide bonds. The predicted molar refractivity (Wildman–Crippen MR) is 69.2 cm³/mol. The Morgan fingerprint density at radius 2 is 2.12 bits per heavy atom. The van der Waals surface area contributed by atoms with Gasteiger partial charge in [-0.1, -0.05) is 12.1 Å². The van der Waals surface area contributed by atoms with Crippen LogP contribution in [0.5, 0.6) is 0 Å². The number of benzene rings is 1. The van der Waals surface area contributed by atoms with Crippen molar-refractivity contribution in [1.29, 1.82) is 0 Å². The number of hydrogen-bond donors (Lipinski definition) is 1. The van der Waals surface area contributed by atoms with Crippen LogP contribution in [0.1, 0.15) is 29.8 Å². The van der Waals surface area contributed by atoms with Gasteiger partial charge in [0.25, 0.3) is 0 Å². The Labute approximate surface area is 104 Å². The van der Waals surface area contributed by atoms with E-state index >= 15 is 0 Å². The van der Waals surface area contributed by atoms with Gasteiger partial charge in [0.15, 0.2) is 0 Å². The Balaban J connectivity index is 3.11. The molecule has 0 aromatic heterocycles. The maximum absolute atomic E-state index is 11.9. The van der Waals surface area contributed by atoms with E-state index in [1.54, 1.807) is 38.3 Å². The fraction of sp³-hybridized carbons (Fsp3) is 0.417. The summed E-state index contributed by atoms with van der Waals surface area (Å²) in [6, 6.07) is 5.12. The normalized spacial score (nSPS) is 12.5. The van der Waals surface area contributed by atoms with Crippen molar-refractivity contribution in [3.63, 3.8) is 0 Å². The Morgan fingerprint density at radius 1 is 1.47 bits per heavy atom. The highest BCUT2D eigenvalue weighted by Gasteiger charge is 2.17. The Hall–Kier alpha value is -1.36. The quantitative estimate of drug-likeness (QED) is 0.657. The topological polar surface area (TPSA) is 69.4 Å². The zero-order valence-corrected chi connectivity index (χ0v) is 11.0. The van der Waals surface area contributed by atoms with E-state index in [-0.39, 0.29) is 6.10 Å². The van der Waals surface area contributed by atoms with Crippen LogP contribution >= 0.6 is 0 Å². The van der Waals surface area contributed by atoms with Gasteiger partial charge in [0, 0.05) is 28.5 Å². The van der Waals surface area contributed by atoms with Crippen molar-refractivity contribution in [3.05, 3.63) is 29.3 Å². The third-order valence-electron chi connectivity index (χ3n) is 2.09. The first-order valence-electron chi connectivity index (χ1n) is 5.30. The van der Waals surface area contributed by atoms with Gasteiger partial charge in [0.2, 0.25) is 0 Å². The SMILES string of the molecule is CC(C)OC(=O)c1c(N)cccc1CS(C)=O. The smallest absolute Gasteiger partial charge is 0.340 e. The van der Waals surface area contributed by atoms with Crippen LogP contribution < -0.4 is 5.73 Å². The number of nitrogen functional groups attached to an aromatic ring is 1. The van der Waals surface area contributed by atoms with Crippen LogP contribution in [-0.2, 0) is 21.3 Å². The third kappa shape index (κ3) is 3.85. The van der Waals surface area contributed by atoms with E-state index in [0.29, 0.717) is 22.6 Å². The van der Waals surface area contributed by atoms with Crippen molar-refractivity contribution >= 4 is 22.5 Å². The molecule has 5 heteroatoms. The molecule has 0 saturated carbocycles. The van der Waals surface area contributed by atoms with Crippen LogP contribution in [0.2, 0.25) is 0 Å². The molecule has 1 atom stereocenters. The van der Waals surface area contributed by atoms with Gasteiger partial charge in [-0.25, -0.2) is 4.79 Å². The summed E-state index contributed by atoms with van der Waals surface area (Å²) in [7, 11) is -1.03. The largest absolute Gasteiger partial charge is 0.459 e. The summed E-state index contributed by atoms with van der Waals surface area (Å²) >= 11 is 0. The number of carbonyl (C=O) groups excluding carboxylic acids is 1. The van der Waals surface area contributed by atoms with E-state index in [1.807, 2.05) is 0 Å². The van der Waals surface area contributed by atoms with Gasteiger partial charge < -0.3 is 10.5 Å². The van der Waals surface area contributed by atoms with Gasteiger partial charge in [-0.05, 0) is 25.5 Å². The van der Waals surface area contributed by atoms with Crippen LogP contribution in [0.15, 0.2) is 18.2 Å². The monoisotopic (exact) mass is 255 g/mol. The molecular weight excluding hydrogens is 238 g/mol. The molecule has 94 valence electrons. The van der Waals surface area contributed by atoms with Gasteiger partial charge in [0.05, 0.1) is 11.7 Å². The molecule has 0 aliphatic carbocycles. The summed E-state index contributed by atoms with van der Waals surface area (Å²) < 4.78 is 16.4. The fourth-order valence-electron chi connectivity index (χ4n) is 1.48. The molecule has 17 heavy (non-hydrogen) atoms. The number of carbonyl (C=O) groups is 1. The zero-order valence-electron chi connectivity index (χ0n) is 10.2. The number of rotatable bonds is 4. The van der Waals surface area contributed by atoms with Gasteiger partial charge in [0.1, 0.15) is 0 Å². The third-order valence-corrected chi connectivity index (χ3v) is 2.81. The molecule has 0 bridgehead atoms.